The molecule has 6 rings (SSSR count). The topological polar surface area (TPSA) is 32.8 Å². The van der Waals surface area contributed by atoms with Crippen molar-refractivity contribution in [1.29, 1.82) is 0 Å². The molecule has 0 radical (unpaired) electrons. The van der Waals surface area contributed by atoms with Gasteiger partial charge in [-0.3, -0.25) is 4.79 Å². The maximum atomic E-state index is 13.0. The molecular weight excluding hydrogens is 432 g/mol. The number of para-hydroxylation sites is 1. The molecule has 168 valence electrons. The van der Waals surface area contributed by atoms with E-state index in [0.29, 0.717) is 32.2 Å². The second-order valence-electron chi connectivity index (χ2n) is 9.44. The molecule has 3 aliphatic rings. The molecule has 0 aromatic heterocycles. The van der Waals surface area contributed by atoms with Gasteiger partial charge in [-0.2, -0.15) is 0 Å². The number of anilines is 1. The van der Waals surface area contributed by atoms with Gasteiger partial charge in [0.05, 0.1) is 13.2 Å². The summed E-state index contributed by atoms with van der Waals surface area (Å²) in [6.07, 6.45) is 1.16. The first-order valence-electron chi connectivity index (χ1n) is 11.7. The van der Waals surface area contributed by atoms with E-state index in [1.165, 1.54) is 22.4 Å². The Morgan fingerprint density at radius 2 is 1.79 bits per heavy atom. The molecular formula is C28H27ClN2O2. The fraction of sp³-hybridized carbons (Fsp3) is 0.321. The van der Waals surface area contributed by atoms with Crippen LogP contribution in [0.2, 0.25) is 5.02 Å². The molecule has 2 atom stereocenters. The van der Waals surface area contributed by atoms with Gasteiger partial charge in [-0.1, -0.05) is 54.1 Å². The van der Waals surface area contributed by atoms with Crippen LogP contribution in [0.1, 0.15) is 39.4 Å². The van der Waals surface area contributed by atoms with Crippen molar-refractivity contribution in [3.63, 3.8) is 0 Å². The highest BCUT2D eigenvalue weighted by Gasteiger charge is 2.60. The number of ether oxygens (including phenoxy) is 1. The summed E-state index contributed by atoms with van der Waals surface area (Å²) < 4.78 is 5.40. The first-order valence-corrected chi connectivity index (χ1v) is 12.1. The van der Waals surface area contributed by atoms with Crippen LogP contribution in [-0.2, 0) is 16.7 Å². The molecule has 1 saturated heterocycles. The number of hydrogen-bond acceptors (Lipinski definition) is 3. The fourth-order valence-corrected chi connectivity index (χ4v) is 5.83. The Hall–Kier alpha value is -2.82. The van der Waals surface area contributed by atoms with Crippen molar-refractivity contribution >= 4 is 23.2 Å². The minimum Gasteiger partial charge on any atom is -0.378 e. The maximum Gasteiger partial charge on any atom is 0.254 e. The second-order valence-corrected chi connectivity index (χ2v) is 9.88. The molecule has 3 aromatic carbocycles. The van der Waals surface area contributed by atoms with E-state index >= 15 is 0 Å². The average Bonchev–Trinajstić information content (AvgIpc) is 3.50. The molecule has 0 N–H and O–H groups in total. The number of morpholine rings is 1. The lowest BCUT2D eigenvalue weighted by atomic mass is 9.93. The quantitative estimate of drug-likeness (QED) is 0.534. The molecule has 1 saturated carbocycles. The van der Waals surface area contributed by atoms with E-state index in [4.69, 9.17) is 16.3 Å². The fourth-order valence-electron chi connectivity index (χ4n) is 5.70. The van der Waals surface area contributed by atoms with E-state index in [1.807, 2.05) is 29.2 Å². The molecule has 0 bridgehead atoms. The third-order valence-electron chi connectivity index (χ3n) is 7.45. The van der Waals surface area contributed by atoms with Gasteiger partial charge in [0.1, 0.15) is 0 Å². The highest BCUT2D eigenvalue weighted by molar-refractivity contribution is 6.30. The van der Waals surface area contributed by atoms with Crippen molar-refractivity contribution in [3.05, 3.63) is 100 Å². The minimum absolute atomic E-state index is 0.100. The van der Waals surface area contributed by atoms with Gasteiger partial charge in [0, 0.05) is 47.9 Å². The predicted molar refractivity (Wildman–Crippen MR) is 131 cm³/mol. The monoisotopic (exact) mass is 458 g/mol. The van der Waals surface area contributed by atoms with Gasteiger partial charge in [-0.15, -0.1) is 0 Å². The number of amides is 1. The van der Waals surface area contributed by atoms with Gasteiger partial charge in [0.25, 0.3) is 5.91 Å². The van der Waals surface area contributed by atoms with Crippen LogP contribution in [-0.4, -0.2) is 43.7 Å². The van der Waals surface area contributed by atoms with Crippen molar-refractivity contribution in [2.24, 2.45) is 0 Å². The zero-order valence-electron chi connectivity index (χ0n) is 18.5. The van der Waals surface area contributed by atoms with Gasteiger partial charge in [-0.05, 0) is 59.4 Å². The molecule has 2 fully saturated rings. The molecule has 5 heteroatoms. The Balaban J connectivity index is 1.24. The number of carbonyl (C=O) groups is 1. The number of halogens is 1. The van der Waals surface area contributed by atoms with Crippen LogP contribution in [0.4, 0.5) is 5.69 Å². The summed E-state index contributed by atoms with van der Waals surface area (Å²) in [7, 11) is 0. The molecule has 4 nitrogen and oxygen atoms in total. The number of fused-ring (bicyclic) bond motifs is 2. The van der Waals surface area contributed by atoms with Gasteiger partial charge in [0.15, 0.2) is 0 Å². The van der Waals surface area contributed by atoms with Crippen LogP contribution in [0.25, 0.3) is 0 Å². The molecule has 1 spiro atoms. The highest BCUT2D eigenvalue weighted by Crippen LogP contribution is 2.65. The zero-order chi connectivity index (χ0) is 22.4. The van der Waals surface area contributed by atoms with Crippen LogP contribution in [0.3, 0.4) is 0 Å². The molecule has 0 unspecified atom stereocenters. The van der Waals surface area contributed by atoms with Crippen molar-refractivity contribution in [1.82, 2.24) is 4.90 Å². The van der Waals surface area contributed by atoms with Crippen LogP contribution < -0.4 is 4.90 Å². The number of carbonyl (C=O) groups excluding carboxylic acids is 1. The lowest BCUT2D eigenvalue weighted by Gasteiger charge is -2.27. The molecule has 2 aliphatic heterocycles. The third-order valence-corrected chi connectivity index (χ3v) is 7.70. The van der Waals surface area contributed by atoms with Crippen molar-refractivity contribution in [2.75, 3.05) is 37.7 Å². The van der Waals surface area contributed by atoms with E-state index in [1.54, 1.807) is 0 Å². The SMILES string of the molecule is O=C(c1cccc(CN2C[C@]3(C[C@@H]3c3ccc(Cl)cc3)c3ccccc32)c1)N1CCOCC1. The van der Waals surface area contributed by atoms with Crippen molar-refractivity contribution < 1.29 is 9.53 Å². The van der Waals surface area contributed by atoms with Crippen LogP contribution in [0, 0.1) is 0 Å². The van der Waals surface area contributed by atoms with Gasteiger partial charge in [0.2, 0.25) is 0 Å². The van der Waals surface area contributed by atoms with Crippen LogP contribution >= 0.6 is 11.6 Å². The number of nitrogens with zero attached hydrogens (tertiary/aromatic N) is 2. The van der Waals surface area contributed by atoms with E-state index < -0.39 is 0 Å². The Bertz CT molecular complexity index is 1190. The van der Waals surface area contributed by atoms with Gasteiger partial charge >= 0.3 is 0 Å². The summed E-state index contributed by atoms with van der Waals surface area (Å²) >= 11 is 6.13. The summed E-state index contributed by atoms with van der Waals surface area (Å²) in [5, 5.41) is 0.786. The smallest absolute Gasteiger partial charge is 0.254 e. The van der Waals surface area contributed by atoms with E-state index in [0.717, 1.165) is 30.1 Å². The number of rotatable bonds is 4. The molecule has 3 aromatic rings. The lowest BCUT2D eigenvalue weighted by molar-refractivity contribution is 0.0303. The number of hydrogen-bond donors (Lipinski definition) is 0. The van der Waals surface area contributed by atoms with Crippen molar-refractivity contribution in [3.8, 4) is 0 Å². The lowest BCUT2D eigenvalue weighted by Crippen LogP contribution is -2.40. The number of benzene rings is 3. The summed E-state index contributed by atoms with van der Waals surface area (Å²) in [6.45, 7) is 4.37. The summed E-state index contributed by atoms with van der Waals surface area (Å²) in [5.41, 5.74) is 6.25. The summed E-state index contributed by atoms with van der Waals surface area (Å²) in [5.74, 6) is 0.624. The molecule has 1 aliphatic carbocycles. The Morgan fingerprint density at radius 3 is 2.61 bits per heavy atom. The highest BCUT2D eigenvalue weighted by atomic mass is 35.5. The Kier molecular flexibility index (Phi) is 5.16. The van der Waals surface area contributed by atoms with Gasteiger partial charge in [-0.25, -0.2) is 0 Å². The van der Waals surface area contributed by atoms with E-state index in [9.17, 15) is 4.79 Å². The molecule has 2 heterocycles. The average molecular weight is 459 g/mol. The van der Waals surface area contributed by atoms with Crippen LogP contribution in [0.5, 0.6) is 0 Å². The van der Waals surface area contributed by atoms with Crippen molar-refractivity contribution in [2.45, 2.75) is 24.3 Å². The van der Waals surface area contributed by atoms with Gasteiger partial charge < -0.3 is 14.5 Å². The molecule has 33 heavy (non-hydrogen) atoms. The normalized spacial score (nSPS) is 23.6. The Morgan fingerprint density at radius 1 is 1.00 bits per heavy atom. The van der Waals surface area contributed by atoms with Crippen LogP contribution in [0.15, 0.2) is 72.8 Å². The standard InChI is InChI=1S/C28H27ClN2O2/c29-23-10-8-21(9-11-23)25-17-28(25)19-31(26-7-2-1-6-24(26)28)18-20-4-3-5-22(16-20)27(32)30-12-14-33-15-13-30/h1-11,16,25H,12-15,17-19H2/t25-,28-/m1/s1. The summed E-state index contributed by atoms with van der Waals surface area (Å²) in [6, 6.07) is 25.3. The first-order chi connectivity index (χ1) is 16.1. The van der Waals surface area contributed by atoms with E-state index in [2.05, 4.69) is 53.4 Å². The summed E-state index contributed by atoms with van der Waals surface area (Å²) in [4.78, 5) is 17.4. The Labute approximate surface area is 199 Å². The van der Waals surface area contributed by atoms with E-state index in [-0.39, 0.29) is 11.3 Å². The predicted octanol–water partition coefficient (Wildman–Crippen LogP) is 5.26. The largest absolute Gasteiger partial charge is 0.378 e. The molecule has 1 amide bonds. The third kappa shape index (κ3) is 3.71. The maximum absolute atomic E-state index is 13.0. The minimum atomic E-state index is 0.100. The first kappa shape index (κ1) is 20.8. The zero-order valence-corrected chi connectivity index (χ0v) is 19.3. The second kappa shape index (κ2) is 8.19.